The van der Waals surface area contributed by atoms with Crippen molar-refractivity contribution < 1.29 is 28.5 Å². The molecule has 3 rings (SSSR count). The van der Waals surface area contributed by atoms with Crippen LogP contribution in [0.4, 0.5) is 0 Å². The van der Waals surface area contributed by atoms with Gasteiger partial charge in [0.1, 0.15) is 12.4 Å². The van der Waals surface area contributed by atoms with E-state index in [1.807, 2.05) is 6.07 Å². The van der Waals surface area contributed by atoms with E-state index in [4.69, 9.17) is 28.6 Å². The van der Waals surface area contributed by atoms with Gasteiger partial charge in [-0.05, 0) is 36.4 Å². The van der Waals surface area contributed by atoms with Crippen LogP contribution in [-0.4, -0.2) is 55.1 Å². The second-order valence-electron chi connectivity index (χ2n) is 6.20. The molecule has 0 saturated carbocycles. The number of aliphatic hydroxyl groups excluding tert-OH is 1. The lowest BCUT2D eigenvalue weighted by atomic mass is 10.2. The van der Waals surface area contributed by atoms with E-state index in [0.717, 1.165) is 0 Å². The molecule has 0 aliphatic carbocycles. The maximum atomic E-state index is 10.2. The van der Waals surface area contributed by atoms with Gasteiger partial charge in [0.25, 0.3) is 5.22 Å². The number of rotatable bonds is 10. The summed E-state index contributed by atoms with van der Waals surface area (Å²) in [6, 6.07) is 12.1. The molecule has 0 aliphatic heterocycles. The van der Waals surface area contributed by atoms with Crippen LogP contribution in [0.2, 0.25) is 0 Å². The molecule has 0 saturated heterocycles. The fourth-order valence-corrected chi connectivity index (χ4v) is 3.29. The third-order valence-electron chi connectivity index (χ3n) is 4.14. The number of hydrogen-bond acceptors (Lipinski definition) is 10. The number of benzene rings is 2. The van der Waals surface area contributed by atoms with Crippen molar-refractivity contribution in [1.29, 1.82) is 5.26 Å². The van der Waals surface area contributed by atoms with Crippen molar-refractivity contribution >= 4 is 11.8 Å². The highest BCUT2D eigenvalue weighted by atomic mass is 32.2. The SMILES string of the molecule is COc1cc(-c2nnc(SCC(O)COc3ccc(C#N)cc3)o2)cc(OC)c1OC. The van der Waals surface area contributed by atoms with Crippen molar-refractivity contribution in [2.45, 2.75) is 11.3 Å². The number of ether oxygens (including phenoxy) is 4. The molecule has 2 aromatic carbocycles. The summed E-state index contributed by atoms with van der Waals surface area (Å²) in [5.74, 6) is 2.57. The van der Waals surface area contributed by atoms with Gasteiger partial charge in [0, 0.05) is 11.3 Å². The molecule has 3 aromatic rings. The molecule has 0 aliphatic rings. The zero-order valence-corrected chi connectivity index (χ0v) is 18.0. The van der Waals surface area contributed by atoms with E-state index in [0.29, 0.717) is 45.1 Å². The first-order valence-corrected chi connectivity index (χ1v) is 10.1. The van der Waals surface area contributed by atoms with Crippen LogP contribution in [0.3, 0.4) is 0 Å². The quantitative estimate of drug-likeness (QED) is 0.468. The topological polar surface area (TPSA) is 120 Å². The van der Waals surface area contributed by atoms with Gasteiger partial charge in [-0.25, -0.2) is 0 Å². The van der Waals surface area contributed by atoms with Crippen LogP contribution < -0.4 is 18.9 Å². The number of hydrogen-bond donors (Lipinski definition) is 1. The van der Waals surface area contributed by atoms with E-state index in [1.54, 1.807) is 36.4 Å². The zero-order valence-electron chi connectivity index (χ0n) is 17.2. The van der Waals surface area contributed by atoms with E-state index >= 15 is 0 Å². The van der Waals surface area contributed by atoms with Crippen LogP contribution in [0.15, 0.2) is 46.0 Å². The van der Waals surface area contributed by atoms with Crippen LogP contribution in [0.1, 0.15) is 5.56 Å². The predicted octanol–water partition coefficient (Wildman–Crippen LogP) is 3.17. The fraction of sp³-hybridized carbons (Fsp3) is 0.286. The van der Waals surface area contributed by atoms with Gasteiger partial charge in [-0.3, -0.25) is 0 Å². The number of methoxy groups -OCH3 is 3. The maximum absolute atomic E-state index is 10.2. The molecule has 1 N–H and O–H groups in total. The van der Waals surface area contributed by atoms with Gasteiger partial charge < -0.3 is 28.5 Å². The average Bonchev–Trinajstić information content (AvgIpc) is 3.29. The van der Waals surface area contributed by atoms with Crippen LogP contribution >= 0.6 is 11.8 Å². The summed E-state index contributed by atoms with van der Waals surface area (Å²) >= 11 is 1.21. The highest BCUT2D eigenvalue weighted by molar-refractivity contribution is 7.99. The van der Waals surface area contributed by atoms with Gasteiger partial charge in [-0.1, -0.05) is 11.8 Å². The van der Waals surface area contributed by atoms with Crippen LogP contribution in [0, 0.1) is 11.3 Å². The van der Waals surface area contributed by atoms with Gasteiger partial charge in [-0.2, -0.15) is 5.26 Å². The molecule has 10 heteroatoms. The van der Waals surface area contributed by atoms with Crippen molar-refractivity contribution in [2.75, 3.05) is 33.7 Å². The molecule has 0 spiro atoms. The van der Waals surface area contributed by atoms with Crippen LogP contribution in [0.25, 0.3) is 11.5 Å². The number of thioether (sulfide) groups is 1. The molecule has 0 radical (unpaired) electrons. The smallest absolute Gasteiger partial charge is 0.276 e. The Hall–Kier alpha value is -3.42. The van der Waals surface area contributed by atoms with Crippen molar-refractivity contribution in [1.82, 2.24) is 10.2 Å². The first kappa shape index (κ1) is 22.3. The molecular formula is C21H21N3O6S. The summed E-state index contributed by atoms with van der Waals surface area (Å²) in [6.45, 7) is 0.0901. The number of aliphatic hydroxyl groups is 1. The Bertz CT molecular complexity index is 1020. The molecule has 1 unspecified atom stereocenters. The average molecular weight is 443 g/mol. The highest BCUT2D eigenvalue weighted by Gasteiger charge is 2.18. The standard InChI is InChI=1S/C21H21N3O6S/c1-26-17-8-14(9-18(27-2)19(17)28-3)20-23-24-21(30-20)31-12-15(25)11-29-16-6-4-13(10-22)5-7-16/h4-9,15,25H,11-12H2,1-3H3. The van der Waals surface area contributed by atoms with E-state index in [2.05, 4.69) is 10.2 Å². The molecular weight excluding hydrogens is 422 g/mol. The molecule has 9 nitrogen and oxygen atoms in total. The third kappa shape index (κ3) is 5.59. The first-order valence-electron chi connectivity index (χ1n) is 9.15. The summed E-state index contributed by atoms with van der Waals surface area (Å²) in [5.41, 5.74) is 1.15. The molecule has 31 heavy (non-hydrogen) atoms. The minimum Gasteiger partial charge on any atom is -0.493 e. The van der Waals surface area contributed by atoms with E-state index in [1.165, 1.54) is 33.1 Å². The lowest BCUT2D eigenvalue weighted by Gasteiger charge is -2.12. The van der Waals surface area contributed by atoms with Gasteiger partial charge >= 0.3 is 0 Å². The highest BCUT2D eigenvalue weighted by Crippen LogP contribution is 2.41. The van der Waals surface area contributed by atoms with Gasteiger partial charge in [0.05, 0.1) is 39.1 Å². The fourth-order valence-electron chi connectivity index (χ4n) is 2.62. The Kier molecular flexibility index (Phi) is 7.59. The largest absolute Gasteiger partial charge is 0.493 e. The predicted molar refractivity (Wildman–Crippen MR) is 113 cm³/mol. The molecule has 0 bridgehead atoms. The number of nitrogens with zero attached hydrogens (tertiary/aromatic N) is 3. The Morgan fingerprint density at radius 1 is 1.06 bits per heavy atom. The molecule has 1 heterocycles. The minimum atomic E-state index is -0.753. The molecule has 1 atom stereocenters. The molecule has 1 aromatic heterocycles. The monoisotopic (exact) mass is 443 g/mol. The Morgan fingerprint density at radius 3 is 2.32 bits per heavy atom. The van der Waals surface area contributed by atoms with Gasteiger partial charge in [0.15, 0.2) is 11.5 Å². The van der Waals surface area contributed by atoms with Crippen molar-refractivity contribution in [3.63, 3.8) is 0 Å². The van der Waals surface area contributed by atoms with E-state index < -0.39 is 6.10 Å². The summed E-state index contributed by atoms with van der Waals surface area (Å²) in [4.78, 5) is 0. The zero-order chi connectivity index (χ0) is 22.2. The number of aromatic nitrogens is 2. The second-order valence-corrected chi connectivity index (χ2v) is 7.17. The Labute approximate surface area is 183 Å². The van der Waals surface area contributed by atoms with E-state index in [9.17, 15) is 5.11 Å². The summed E-state index contributed by atoms with van der Waals surface area (Å²) in [6.07, 6.45) is -0.753. The normalized spacial score (nSPS) is 11.5. The first-order chi connectivity index (χ1) is 15.1. The van der Waals surface area contributed by atoms with Crippen LogP contribution in [-0.2, 0) is 0 Å². The van der Waals surface area contributed by atoms with Gasteiger partial charge in [0.2, 0.25) is 11.6 Å². The molecule has 0 amide bonds. The summed E-state index contributed by atoms with van der Waals surface area (Å²) < 4.78 is 27.2. The molecule has 162 valence electrons. The second kappa shape index (κ2) is 10.6. The van der Waals surface area contributed by atoms with Gasteiger partial charge in [-0.15, -0.1) is 10.2 Å². The summed E-state index contributed by atoms with van der Waals surface area (Å²) in [5, 5.41) is 27.3. The summed E-state index contributed by atoms with van der Waals surface area (Å²) in [7, 11) is 4.58. The minimum absolute atomic E-state index is 0.0901. The van der Waals surface area contributed by atoms with Crippen molar-refractivity contribution in [2.24, 2.45) is 0 Å². The van der Waals surface area contributed by atoms with E-state index in [-0.39, 0.29) is 12.5 Å². The molecule has 0 fully saturated rings. The van der Waals surface area contributed by atoms with Crippen molar-refractivity contribution in [3.05, 3.63) is 42.0 Å². The lowest BCUT2D eigenvalue weighted by molar-refractivity contribution is 0.126. The van der Waals surface area contributed by atoms with Crippen molar-refractivity contribution in [3.8, 4) is 40.5 Å². The number of nitriles is 1. The maximum Gasteiger partial charge on any atom is 0.276 e. The lowest BCUT2D eigenvalue weighted by Crippen LogP contribution is -2.20. The van der Waals surface area contributed by atoms with Crippen LogP contribution in [0.5, 0.6) is 23.0 Å². The third-order valence-corrected chi connectivity index (χ3v) is 5.11. The Morgan fingerprint density at radius 2 is 1.74 bits per heavy atom. The Balaban J connectivity index is 1.59.